The van der Waals surface area contributed by atoms with Gasteiger partial charge in [-0.1, -0.05) is 0 Å². The van der Waals surface area contributed by atoms with Gasteiger partial charge in [-0.15, -0.1) is 0 Å². The van der Waals surface area contributed by atoms with Gasteiger partial charge in [0.1, 0.15) is 18.8 Å². The van der Waals surface area contributed by atoms with E-state index < -0.39 is 54.0 Å². The minimum atomic E-state index is -1.98. The molecule has 1 aliphatic rings. The maximum atomic E-state index is 11.5. The first-order valence-electron chi connectivity index (χ1n) is 7.59. The van der Waals surface area contributed by atoms with Crippen LogP contribution in [0, 0.1) is 0 Å². The summed E-state index contributed by atoms with van der Waals surface area (Å²) >= 11 is 0. The third kappa shape index (κ3) is 5.98. The lowest BCUT2D eigenvalue weighted by atomic mass is 9.90. The van der Waals surface area contributed by atoms with Crippen molar-refractivity contribution in [2.24, 2.45) is 0 Å². The number of hydrogen-bond acceptors (Lipinski definition) is 9. The molecular weight excluding hydrogens is 338 g/mol. The average Bonchev–Trinajstić information content (AvgIpc) is 2.42. The summed E-state index contributed by atoms with van der Waals surface area (Å²) in [5.41, 5.74) is 0. The molecule has 1 heterocycles. The third-order valence-electron chi connectivity index (χ3n) is 3.40. The largest absolute Gasteiger partial charge is 0.463 e. The highest BCUT2D eigenvalue weighted by atomic mass is 16.7. The molecule has 5 atom stereocenters. The number of hydrogen-bond donors (Lipinski definition) is 2. The van der Waals surface area contributed by atoms with Crippen molar-refractivity contribution in [2.45, 2.75) is 64.8 Å². The van der Waals surface area contributed by atoms with Crippen LogP contribution in [-0.4, -0.2) is 65.7 Å². The van der Waals surface area contributed by atoms with Gasteiger partial charge in [0.05, 0.1) is 0 Å². The van der Waals surface area contributed by atoms with Gasteiger partial charge in [-0.05, 0) is 6.92 Å². The Morgan fingerprint density at radius 2 is 1.52 bits per heavy atom. The normalized spacial score (nSPS) is 31.6. The fourth-order valence-corrected chi connectivity index (χ4v) is 2.58. The van der Waals surface area contributed by atoms with E-state index in [1.54, 1.807) is 0 Å². The molecule has 2 N–H and O–H groups in total. The molecule has 0 aromatic rings. The molecule has 1 rings (SSSR count). The summed E-state index contributed by atoms with van der Waals surface area (Å²) in [4.78, 5) is 45.4. The van der Waals surface area contributed by atoms with Gasteiger partial charge < -0.3 is 29.4 Å². The predicted octanol–water partition coefficient (Wildman–Crippen LogP) is -0.975. The molecule has 0 radical (unpaired) electrons. The molecule has 1 aliphatic heterocycles. The van der Waals surface area contributed by atoms with E-state index in [2.05, 4.69) is 5.32 Å². The van der Waals surface area contributed by atoms with Crippen molar-refractivity contribution in [3.8, 4) is 0 Å². The first-order chi connectivity index (χ1) is 11.4. The van der Waals surface area contributed by atoms with Gasteiger partial charge in [0.2, 0.25) is 5.91 Å². The molecule has 0 bridgehead atoms. The van der Waals surface area contributed by atoms with Crippen molar-refractivity contribution in [3.63, 3.8) is 0 Å². The molecule has 0 spiro atoms. The topological polar surface area (TPSA) is 137 Å². The molecule has 1 amide bonds. The molecule has 10 nitrogen and oxygen atoms in total. The van der Waals surface area contributed by atoms with Crippen molar-refractivity contribution in [2.75, 3.05) is 6.61 Å². The Hall–Kier alpha value is -2.20. The maximum absolute atomic E-state index is 11.5. The zero-order valence-electron chi connectivity index (χ0n) is 14.7. The molecule has 142 valence electrons. The SMILES string of the molecule is CC(=O)N[C@@H]1[C@@H](OC(C)=O)[C@H](OC(C)=O)[C@@H](COC(C)=O)O[C@]1(C)O. The Morgan fingerprint density at radius 1 is 1.00 bits per heavy atom. The summed E-state index contributed by atoms with van der Waals surface area (Å²) in [6.07, 6.45) is -3.58. The standard InChI is InChI=1S/C15H23NO9/c1-7(17)16-14-13(24-10(4)20)12(23-9(3)19)11(6-22-8(2)18)25-15(14,5)21/h11-14,21H,6H2,1-5H3,(H,16,17)/t11-,12-,13+,14-,15+/m1/s1. The number of esters is 3. The molecule has 25 heavy (non-hydrogen) atoms. The molecule has 1 fully saturated rings. The zero-order chi connectivity index (χ0) is 19.4. The van der Waals surface area contributed by atoms with E-state index in [1.807, 2.05) is 0 Å². The van der Waals surface area contributed by atoms with Crippen LogP contribution in [0.3, 0.4) is 0 Å². The summed E-state index contributed by atoms with van der Waals surface area (Å²) in [5.74, 6) is -4.54. The third-order valence-corrected chi connectivity index (χ3v) is 3.40. The molecule has 0 saturated carbocycles. The second-order valence-corrected chi connectivity index (χ2v) is 5.84. The van der Waals surface area contributed by atoms with E-state index in [4.69, 9.17) is 18.9 Å². The number of aliphatic hydroxyl groups is 1. The molecule has 10 heteroatoms. The maximum Gasteiger partial charge on any atom is 0.303 e. The Morgan fingerprint density at radius 3 is 1.96 bits per heavy atom. The Kier molecular flexibility index (Phi) is 6.88. The van der Waals surface area contributed by atoms with Crippen molar-refractivity contribution >= 4 is 23.8 Å². The lowest BCUT2D eigenvalue weighted by Crippen LogP contribution is -2.70. The molecule has 0 aromatic carbocycles. The van der Waals surface area contributed by atoms with Crippen LogP contribution in [0.15, 0.2) is 0 Å². The van der Waals surface area contributed by atoms with Gasteiger partial charge in [-0.3, -0.25) is 19.2 Å². The number of ether oxygens (including phenoxy) is 4. The second kappa shape index (κ2) is 8.26. The zero-order valence-corrected chi connectivity index (χ0v) is 14.7. The van der Waals surface area contributed by atoms with E-state index in [-0.39, 0.29) is 6.61 Å². The van der Waals surface area contributed by atoms with Crippen LogP contribution in [0.2, 0.25) is 0 Å². The fourth-order valence-electron chi connectivity index (χ4n) is 2.58. The minimum absolute atomic E-state index is 0.353. The Bertz CT molecular complexity index is 545. The first kappa shape index (κ1) is 20.8. The van der Waals surface area contributed by atoms with Gasteiger partial charge in [0.25, 0.3) is 0 Å². The van der Waals surface area contributed by atoms with Crippen LogP contribution in [0.1, 0.15) is 34.6 Å². The molecule has 1 saturated heterocycles. The van der Waals surface area contributed by atoms with E-state index >= 15 is 0 Å². The highest BCUT2D eigenvalue weighted by molar-refractivity contribution is 5.74. The number of carbonyl (C=O) groups is 4. The molecular formula is C15H23NO9. The highest BCUT2D eigenvalue weighted by Gasteiger charge is 2.55. The van der Waals surface area contributed by atoms with Gasteiger partial charge in [0.15, 0.2) is 18.0 Å². The van der Waals surface area contributed by atoms with E-state index in [0.717, 1.165) is 13.8 Å². The van der Waals surface area contributed by atoms with Crippen LogP contribution in [0.5, 0.6) is 0 Å². The van der Waals surface area contributed by atoms with Crippen LogP contribution in [-0.2, 0) is 38.1 Å². The Labute approximate surface area is 144 Å². The van der Waals surface area contributed by atoms with Gasteiger partial charge in [0, 0.05) is 27.7 Å². The smallest absolute Gasteiger partial charge is 0.303 e. The minimum Gasteiger partial charge on any atom is -0.463 e. The molecule has 0 aromatic heterocycles. The van der Waals surface area contributed by atoms with Crippen molar-refractivity contribution in [1.82, 2.24) is 5.32 Å². The molecule has 0 aliphatic carbocycles. The average molecular weight is 361 g/mol. The van der Waals surface area contributed by atoms with Crippen LogP contribution >= 0.6 is 0 Å². The van der Waals surface area contributed by atoms with Crippen LogP contribution in [0.4, 0.5) is 0 Å². The summed E-state index contributed by atoms with van der Waals surface area (Å²) in [7, 11) is 0. The monoisotopic (exact) mass is 361 g/mol. The van der Waals surface area contributed by atoms with Crippen LogP contribution < -0.4 is 5.32 Å². The predicted molar refractivity (Wildman–Crippen MR) is 80.8 cm³/mol. The number of amides is 1. The first-order valence-corrected chi connectivity index (χ1v) is 7.59. The number of rotatable bonds is 5. The quantitative estimate of drug-likeness (QED) is 0.467. The van der Waals surface area contributed by atoms with Crippen LogP contribution in [0.25, 0.3) is 0 Å². The van der Waals surface area contributed by atoms with E-state index in [9.17, 15) is 24.3 Å². The lowest BCUT2D eigenvalue weighted by molar-refractivity contribution is -0.313. The highest BCUT2D eigenvalue weighted by Crippen LogP contribution is 2.32. The molecule has 0 unspecified atom stereocenters. The summed E-state index contributed by atoms with van der Waals surface area (Å²) in [6.45, 7) is 5.52. The van der Waals surface area contributed by atoms with E-state index in [1.165, 1.54) is 20.8 Å². The fraction of sp³-hybridized carbons (Fsp3) is 0.733. The second-order valence-electron chi connectivity index (χ2n) is 5.84. The number of nitrogens with one attached hydrogen (secondary N) is 1. The van der Waals surface area contributed by atoms with Crippen molar-refractivity contribution in [3.05, 3.63) is 0 Å². The van der Waals surface area contributed by atoms with Gasteiger partial charge in [-0.2, -0.15) is 0 Å². The van der Waals surface area contributed by atoms with Gasteiger partial charge in [-0.25, -0.2) is 0 Å². The summed E-state index contributed by atoms with van der Waals surface area (Å²) in [5, 5.41) is 13.0. The summed E-state index contributed by atoms with van der Waals surface area (Å²) < 4.78 is 20.7. The summed E-state index contributed by atoms with van der Waals surface area (Å²) in [6, 6.07) is -1.22. The van der Waals surface area contributed by atoms with Crippen molar-refractivity contribution in [1.29, 1.82) is 0 Å². The van der Waals surface area contributed by atoms with Gasteiger partial charge >= 0.3 is 17.9 Å². The Balaban J connectivity index is 3.24. The van der Waals surface area contributed by atoms with Crippen molar-refractivity contribution < 1.29 is 43.2 Å². The number of carbonyl (C=O) groups excluding carboxylic acids is 4. The van der Waals surface area contributed by atoms with E-state index in [0.29, 0.717) is 0 Å². The lowest BCUT2D eigenvalue weighted by Gasteiger charge is -2.48.